The topological polar surface area (TPSA) is 74.8 Å². The lowest BCUT2D eigenvalue weighted by atomic mass is 10.0. The molecule has 0 saturated carbocycles. The fourth-order valence-corrected chi connectivity index (χ4v) is 7.66. The molecular weight excluding hydrogens is 539 g/mol. The van der Waals surface area contributed by atoms with Gasteiger partial charge in [-0.25, -0.2) is 16.8 Å². The van der Waals surface area contributed by atoms with Gasteiger partial charge >= 0.3 is 0 Å². The first-order chi connectivity index (χ1) is 15.9. The molecule has 34 heavy (non-hydrogen) atoms. The van der Waals surface area contributed by atoms with E-state index in [9.17, 15) is 16.8 Å². The van der Waals surface area contributed by atoms with Crippen LogP contribution in [0.15, 0.2) is 47.4 Å². The highest BCUT2D eigenvalue weighted by molar-refractivity contribution is 7.93. The number of hydrogen-bond donors (Lipinski definition) is 0. The first-order valence-electron chi connectivity index (χ1n) is 11.1. The molecule has 1 heterocycles. The van der Waals surface area contributed by atoms with Gasteiger partial charge in [-0.15, -0.1) is 0 Å². The third-order valence-corrected chi connectivity index (χ3v) is 9.73. The van der Waals surface area contributed by atoms with Crippen LogP contribution in [0.1, 0.15) is 32.6 Å². The fraction of sp³-hybridized carbons (Fsp3) is 0.478. The summed E-state index contributed by atoms with van der Waals surface area (Å²) in [5.74, 6) is 0.105. The van der Waals surface area contributed by atoms with E-state index >= 15 is 0 Å². The molecule has 0 spiro atoms. The molecule has 188 valence electrons. The third kappa shape index (κ3) is 7.02. The molecule has 1 saturated heterocycles. The molecule has 0 N–H and O–H groups in total. The Labute approximate surface area is 217 Å². The van der Waals surface area contributed by atoms with E-state index in [1.54, 1.807) is 18.2 Å². The molecule has 1 aliphatic heterocycles. The Balaban J connectivity index is 1.91. The average Bonchev–Trinajstić information content (AvgIpc) is 2.75. The van der Waals surface area contributed by atoms with Crippen molar-refractivity contribution in [1.82, 2.24) is 4.90 Å². The van der Waals surface area contributed by atoms with Crippen LogP contribution in [0.2, 0.25) is 15.1 Å². The number of rotatable bonds is 9. The quantitative estimate of drug-likeness (QED) is 0.399. The molecule has 2 unspecified atom stereocenters. The molecule has 0 aliphatic carbocycles. The van der Waals surface area contributed by atoms with Crippen LogP contribution in [0.3, 0.4) is 0 Å². The summed E-state index contributed by atoms with van der Waals surface area (Å²) in [6, 6.07) is 10.2. The minimum atomic E-state index is -3.99. The summed E-state index contributed by atoms with van der Waals surface area (Å²) in [5.41, 5.74) is 0.294. The zero-order valence-corrected chi connectivity index (χ0v) is 23.0. The van der Waals surface area contributed by atoms with Gasteiger partial charge in [-0.3, -0.25) is 9.21 Å². The summed E-state index contributed by atoms with van der Waals surface area (Å²) in [5, 5.41) is 1.07. The molecule has 0 bridgehead atoms. The number of sulfonamides is 1. The number of anilines is 1. The van der Waals surface area contributed by atoms with Gasteiger partial charge in [-0.2, -0.15) is 0 Å². The lowest BCUT2D eigenvalue weighted by Gasteiger charge is -2.37. The molecule has 3 rings (SSSR count). The predicted molar refractivity (Wildman–Crippen MR) is 141 cm³/mol. The molecule has 1 aliphatic rings. The molecule has 2 atom stereocenters. The molecular formula is C23H29Cl3N2O4S2. The van der Waals surface area contributed by atoms with Crippen LogP contribution >= 0.6 is 34.8 Å². The molecule has 2 aromatic carbocycles. The van der Waals surface area contributed by atoms with Crippen molar-refractivity contribution in [2.75, 3.05) is 29.4 Å². The van der Waals surface area contributed by atoms with E-state index in [1.165, 1.54) is 34.8 Å². The molecule has 2 aromatic rings. The van der Waals surface area contributed by atoms with E-state index in [-0.39, 0.29) is 21.7 Å². The van der Waals surface area contributed by atoms with Gasteiger partial charge in [0, 0.05) is 34.9 Å². The number of hydrogen-bond acceptors (Lipinski definition) is 5. The van der Waals surface area contributed by atoms with Gasteiger partial charge in [0.1, 0.15) is 9.84 Å². The number of piperidine rings is 1. The number of benzene rings is 2. The average molecular weight is 568 g/mol. The summed E-state index contributed by atoms with van der Waals surface area (Å²) in [6.45, 7) is 3.17. The Morgan fingerprint density at radius 1 is 1.00 bits per heavy atom. The van der Waals surface area contributed by atoms with E-state index in [0.29, 0.717) is 28.7 Å². The molecule has 1 fully saturated rings. The van der Waals surface area contributed by atoms with Crippen molar-refractivity contribution in [2.45, 2.75) is 49.6 Å². The number of likely N-dealkylation sites (tertiary alicyclic amines) is 1. The monoisotopic (exact) mass is 566 g/mol. The van der Waals surface area contributed by atoms with Gasteiger partial charge < -0.3 is 0 Å². The Hall–Kier alpha value is -1.03. The lowest BCUT2D eigenvalue weighted by molar-refractivity contribution is 0.158. The van der Waals surface area contributed by atoms with Gasteiger partial charge in [0.25, 0.3) is 10.0 Å². The van der Waals surface area contributed by atoms with Gasteiger partial charge in [0.15, 0.2) is 0 Å². The van der Waals surface area contributed by atoms with Crippen LogP contribution in [0, 0.1) is 0 Å². The summed E-state index contributed by atoms with van der Waals surface area (Å²) in [6.07, 6.45) is 4.53. The zero-order chi connectivity index (χ0) is 25.1. The Bertz CT molecular complexity index is 1210. The second-order valence-electron chi connectivity index (χ2n) is 8.77. The van der Waals surface area contributed by atoms with Gasteiger partial charge in [0.2, 0.25) is 0 Å². The largest absolute Gasteiger partial charge is 0.299 e. The summed E-state index contributed by atoms with van der Waals surface area (Å²) >= 11 is 18.6. The Morgan fingerprint density at radius 2 is 1.65 bits per heavy atom. The number of sulfone groups is 1. The van der Waals surface area contributed by atoms with Crippen molar-refractivity contribution >= 4 is 60.4 Å². The minimum Gasteiger partial charge on any atom is -0.299 e. The first kappa shape index (κ1) is 27.6. The van der Waals surface area contributed by atoms with Crippen molar-refractivity contribution in [3.05, 3.63) is 57.5 Å². The van der Waals surface area contributed by atoms with Crippen LogP contribution in [0.25, 0.3) is 0 Å². The third-order valence-electron chi connectivity index (χ3n) is 5.99. The van der Waals surface area contributed by atoms with Crippen LogP contribution in [-0.2, 0) is 19.9 Å². The highest BCUT2D eigenvalue weighted by Gasteiger charge is 2.33. The van der Waals surface area contributed by atoms with Crippen LogP contribution in [0.4, 0.5) is 5.69 Å². The molecule has 6 nitrogen and oxygen atoms in total. The second-order valence-corrected chi connectivity index (χ2v) is 14.0. The Kier molecular flexibility index (Phi) is 9.20. The van der Waals surface area contributed by atoms with E-state index in [0.717, 1.165) is 25.8 Å². The van der Waals surface area contributed by atoms with E-state index in [2.05, 4.69) is 4.90 Å². The zero-order valence-electron chi connectivity index (χ0n) is 19.1. The van der Waals surface area contributed by atoms with Crippen molar-refractivity contribution in [3.63, 3.8) is 0 Å². The highest BCUT2D eigenvalue weighted by atomic mass is 35.5. The Morgan fingerprint density at radius 3 is 2.29 bits per heavy atom. The predicted octanol–water partition coefficient (Wildman–Crippen LogP) is 5.52. The van der Waals surface area contributed by atoms with Gasteiger partial charge in [0.05, 0.1) is 21.4 Å². The SMILES string of the molecule is CC(CCN1CCCCC1CS(C)(=O)=O)N(c1cc(Cl)ccc1Cl)S(=O)(=O)c1ccc(Cl)cc1. The first-order valence-corrected chi connectivity index (χ1v) is 15.7. The van der Waals surface area contributed by atoms with Crippen molar-refractivity contribution in [3.8, 4) is 0 Å². The van der Waals surface area contributed by atoms with Crippen molar-refractivity contribution in [2.24, 2.45) is 0 Å². The maximum atomic E-state index is 13.7. The molecule has 11 heteroatoms. The second kappa shape index (κ2) is 11.4. The maximum absolute atomic E-state index is 13.7. The van der Waals surface area contributed by atoms with E-state index in [1.807, 2.05) is 6.92 Å². The number of nitrogens with zero attached hydrogens (tertiary/aromatic N) is 2. The lowest BCUT2D eigenvalue weighted by Crippen LogP contribution is -2.46. The normalized spacial score (nSPS) is 18.6. The molecule has 0 radical (unpaired) electrons. The minimum absolute atomic E-state index is 0.0629. The van der Waals surface area contributed by atoms with Crippen LogP contribution in [-0.4, -0.2) is 58.9 Å². The molecule has 0 aromatic heterocycles. The van der Waals surface area contributed by atoms with Gasteiger partial charge in [-0.05, 0) is 75.2 Å². The van der Waals surface area contributed by atoms with Crippen molar-refractivity contribution in [1.29, 1.82) is 0 Å². The number of halogens is 3. The van der Waals surface area contributed by atoms with Crippen LogP contribution < -0.4 is 4.31 Å². The smallest absolute Gasteiger partial charge is 0.264 e. The summed E-state index contributed by atoms with van der Waals surface area (Å²) in [7, 11) is -7.11. The van der Waals surface area contributed by atoms with Crippen molar-refractivity contribution < 1.29 is 16.8 Å². The highest BCUT2D eigenvalue weighted by Crippen LogP contribution is 2.35. The summed E-state index contributed by atoms with van der Waals surface area (Å²) in [4.78, 5) is 2.25. The maximum Gasteiger partial charge on any atom is 0.264 e. The summed E-state index contributed by atoms with van der Waals surface area (Å²) < 4.78 is 52.6. The van der Waals surface area contributed by atoms with E-state index in [4.69, 9.17) is 34.8 Å². The fourth-order valence-electron chi connectivity index (χ4n) is 4.34. The van der Waals surface area contributed by atoms with Crippen LogP contribution in [0.5, 0.6) is 0 Å². The van der Waals surface area contributed by atoms with E-state index < -0.39 is 25.9 Å². The molecule has 0 amide bonds. The van der Waals surface area contributed by atoms with Gasteiger partial charge in [-0.1, -0.05) is 41.2 Å². The standard InChI is InChI=1S/C23H29Cl3N2O4S2/c1-17(12-14-27-13-4-3-5-20(27)16-33(2,29)30)28(23-15-19(25)8-11-22(23)26)34(31,32)21-9-6-18(24)7-10-21/h6-11,15,17,20H,3-5,12-14,16H2,1-2H3.